The number of carbonyl (C=O) groups excluding carboxylic acids is 1. The zero-order chi connectivity index (χ0) is 18.5. The van der Waals surface area contributed by atoms with Crippen molar-refractivity contribution in [2.24, 2.45) is 5.41 Å². The summed E-state index contributed by atoms with van der Waals surface area (Å²) in [5, 5.41) is 11.8. The Kier molecular flexibility index (Phi) is 6.50. The first kappa shape index (κ1) is 20.1. The van der Waals surface area contributed by atoms with Crippen LogP contribution in [-0.4, -0.2) is 38.0 Å². The Bertz CT molecular complexity index is 690. The van der Waals surface area contributed by atoms with Gasteiger partial charge in [-0.2, -0.15) is 4.72 Å². The molecule has 0 bridgehead atoms. The average molecular weight is 356 g/mol. The molecule has 0 aliphatic rings. The van der Waals surface area contributed by atoms with Crippen molar-refractivity contribution < 1.29 is 23.1 Å². The minimum absolute atomic E-state index is 0.0468. The second-order valence-corrected chi connectivity index (χ2v) is 8.58. The van der Waals surface area contributed by atoms with E-state index < -0.39 is 34.4 Å². The summed E-state index contributed by atoms with van der Waals surface area (Å²) >= 11 is 0. The molecule has 0 aliphatic carbocycles. The normalized spacial score (nSPS) is 13.3. The first-order valence-corrected chi connectivity index (χ1v) is 8.97. The Morgan fingerprint density at radius 2 is 1.71 bits per heavy atom. The number of amides is 1. The Morgan fingerprint density at radius 3 is 2.17 bits per heavy atom. The van der Waals surface area contributed by atoms with E-state index in [1.165, 1.54) is 12.1 Å². The van der Waals surface area contributed by atoms with Crippen molar-refractivity contribution in [3.8, 4) is 0 Å². The minimum atomic E-state index is -4.02. The van der Waals surface area contributed by atoms with Gasteiger partial charge < -0.3 is 10.4 Å². The molecule has 0 fully saturated rings. The maximum absolute atomic E-state index is 12.3. The quantitative estimate of drug-likeness (QED) is 0.681. The molecule has 0 heterocycles. The van der Waals surface area contributed by atoms with Gasteiger partial charge in [0, 0.05) is 6.54 Å². The number of benzene rings is 1. The molecule has 24 heavy (non-hydrogen) atoms. The lowest BCUT2D eigenvalue weighted by molar-refractivity contribution is -0.141. The van der Waals surface area contributed by atoms with E-state index in [9.17, 15) is 23.1 Å². The molecule has 0 spiro atoms. The van der Waals surface area contributed by atoms with E-state index in [1.807, 2.05) is 27.7 Å². The van der Waals surface area contributed by atoms with Crippen LogP contribution < -0.4 is 10.0 Å². The highest BCUT2D eigenvalue weighted by atomic mass is 32.2. The fourth-order valence-corrected chi connectivity index (χ4v) is 2.96. The third-order valence-corrected chi connectivity index (χ3v) is 4.62. The van der Waals surface area contributed by atoms with Crippen LogP contribution >= 0.6 is 0 Å². The zero-order valence-corrected chi connectivity index (χ0v) is 15.1. The first-order valence-electron chi connectivity index (χ1n) is 7.49. The van der Waals surface area contributed by atoms with Crippen LogP contribution in [0.5, 0.6) is 0 Å². The molecule has 0 radical (unpaired) electrons. The molecule has 0 aromatic heterocycles. The molecule has 1 atom stereocenters. The predicted octanol–water partition coefficient (Wildman–Crippen LogP) is 1.28. The van der Waals surface area contributed by atoms with Crippen LogP contribution in [0.15, 0.2) is 29.2 Å². The molecular formula is C16H24N2O5S. The number of aryl methyl sites for hydroxylation is 1. The Balaban J connectivity index is 2.80. The summed E-state index contributed by atoms with van der Waals surface area (Å²) < 4.78 is 26.6. The second kappa shape index (κ2) is 7.76. The van der Waals surface area contributed by atoms with E-state index in [0.29, 0.717) is 6.54 Å². The number of carboxylic acid groups (broad SMARTS) is 1. The van der Waals surface area contributed by atoms with Gasteiger partial charge in [0.2, 0.25) is 15.9 Å². The van der Waals surface area contributed by atoms with Gasteiger partial charge in [0.05, 0.1) is 11.3 Å². The maximum atomic E-state index is 12.3. The number of sulfonamides is 1. The van der Waals surface area contributed by atoms with Crippen LogP contribution in [0.4, 0.5) is 0 Å². The molecule has 3 N–H and O–H groups in total. The molecule has 1 aromatic carbocycles. The van der Waals surface area contributed by atoms with Gasteiger partial charge in [-0.05, 0) is 24.5 Å². The van der Waals surface area contributed by atoms with Gasteiger partial charge in [-0.25, -0.2) is 8.42 Å². The lowest BCUT2D eigenvalue weighted by atomic mass is 9.97. The Morgan fingerprint density at radius 1 is 1.17 bits per heavy atom. The monoisotopic (exact) mass is 356 g/mol. The lowest BCUT2D eigenvalue weighted by Crippen LogP contribution is -2.45. The predicted molar refractivity (Wildman–Crippen MR) is 90.0 cm³/mol. The number of aliphatic carboxylic acids is 1. The summed E-state index contributed by atoms with van der Waals surface area (Å²) in [4.78, 5) is 23.1. The summed E-state index contributed by atoms with van der Waals surface area (Å²) in [6.45, 7) is 7.93. The smallest absolute Gasteiger partial charge is 0.322 e. The summed E-state index contributed by atoms with van der Waals surface area (Å²) in [5.74, 6) is -1.93. The summed E-state index contributed by atoms with van der Waals surface area (Å²) in [6.07, 6.45) is -0.476. The van der Waals surface area contributed by atoms with Crippen molar-refractivity contribution in [3.05, 3.63) is 29.8 Å². The topological polar surface area (TPSA) is 113 Å². The van der Waals surface area contributed by atoms with Crippen molar-refractivity contribution >= 4 is 21.9 Å². The van der Waals surface area contributed by atoms with Crippen LogP contribution in [0.3, 0.4) is 0 Å². The van der Waals surface area contributed by atoms with E-state index in [0.717, 1.165) is 5.56 Å². The fraction of sp³-hybridized carbons (Fsp3) is 0.500. The highest BCUT2D eigenvalue weighted by molar-refractivity contribution is 7.89. The molecule has 0 aliphatic heterocycles. The van der Waals surface area contributed by atoms with Gasteiger partial charge in [0.15, 0.2) is 0 Å². The number of hydrogen-bond acceptors (Lipinski definition) is 4. The Labute approximate surface area is 142 Å². The van der Waals surface area contributed by atoms with Crippen molar-refractivity contribution in [2.45, 2.75) is 45.1 Å². The third kappa shape index (κ3) is 6.67. The lowest BCUT2D eigenvalue weighted by Gasteiger charge is -2.20. The molecule has 0 unspecified atom stereocenters. The minimum Gasteiger partial charge on any atom is -0.480 e. The average Bonchev–Trinajstić information content (AvgIpc) is 2.44. The molecule has 1 amide bonds. The largest absolute Gasteiger partial charge is 0.480 e. The van der Waals surface area contributed by atoms with E-state index in [1.54, 1.807) is 12.1 Å². The van der Waals surface area contributed by atoms with Crippen molar-refractivity contribution in [1.29, 1.82) is 0 Å². The molecule has 7 nitrogen and oxygen atoms in total. The summed E-state index contributed by atoms with van der Waals surface area (Å²) in [5.41, 5.74) is 0.723. The van der Waals surface area contributed by atoms with Gasteiger partial charge in [0.25, 0.3) is 0 Å². The van der Waals surface area contributed by atoms with Gasteiger partial charge in [-0.15, -0.1) is 0 Å². The molecule has 1 rings (SSSR count). The zero-order valence-electron chi connectivity index (χ0n) is 14.3. The highest BCUT2D eigenvalue weighted by Crippen LogP contribution is 2.12. The highest BCUT2D eigenvalue weighted by Gasteiger charge is 2.28. The number of carboxylic acids is 1. The van der Waals surface area contributed by atoms with Gasteiger partial charge in [0.1, 0.15) is 6.04 Å². The number of nitrogens with one attached hydrogen (secondary N) is 2. The van der Waals surface area contributed by atoms with E-state index in [2.05, 4.69) is 10.0 Å². The third-order valence-electron chi connectivity index (χ3n) is 3.13. The van der Waals surface area contributed by atoms with E-state index in [-0.39, 0.29) is 10.3 Å². The van der Waals surface area contributed by atoms with Crippen LogP contribution in [0, 0.1) is 12.3 Å². The summed E-state index contributed by atoms with van der Waals surface area (Å²) in [7, 11) is -4.02. The Hall–Kier alpha value is -1.93. The standard InChI is InChI=1S/C16H24N2O5S/c1-11-5-7-12(8-6-11)24(22,23)18-13(15(20)21)9-14(19)17-10-16(2,3)4/h5-8,13,18H,9-10H2,1-4H3,(H,17,19)(H,20,21)/t13-/m0/s1. The molecular weight excluding hydrogens is 332 g/mol. The number of rotatable bonds is 7. The van der Waals surface area contributed by atoms with Gasteiger partial charge >= 0.3 is 5.97 Å². The van der Waals surface area contributed by atoms with Crippen LogP contribution in [-0.2, 0) is 19.6 Å². The SMILES string of the molecule is Cc1ccc(S(=O)(=O)N[C@@H](CC(=O)NCC(C)(C)C)C(=O)O)cc1. The van der Waals surface area contributed by atoms with Crippen molar-refractivity contribution in [1.82, 2.24) is 10.0 Å². The van der Waals surface area contributed by atoms with Gasteiger partial charge in [-0.3, -0.25) is 9.59 Å². The van der Waals surface area contributed by atoms with Crippen LogP contribution in [0.1, 0.15) is 32.8 Å². The maximum Gasteiger partial charge on any atom is 0.322 e. The number of carbonyl (C=O) groups is 2. The molecule has 134 valence electrons. The second-order valence-electron chi connectivity index (χ2n) is 6.87. The van der Waals surface area contributed by atoms with Crippen LogP contribution in [0.25, 0.3) is 0 Å². The van der Waals surface area contributed by atoms with E-state index in [4.69, 9.17) is 0 Å². The van der Waals surface area contributed by atoms with Crippen molar-refractivity contribution in [3.63, 3.8) is 0 Å². The fourth-order valence-electron chi connectivity index (χ4n) is 1.77. The molecule has 8 heteroatoms. The molecule has 0 saturated carbocycles. The first-order chi connectivity index (χ1) is 10.9. The van der Waals surface area contributed by atoms with Crippen LogP contribution in [0.2, 0.25) is 0 Å². The molecule has 0 saturated heterocycles. The van der Waals surface area contributed by atoms with E-state index >= 15 is 0 Å². The van der Waals surface area contributed by atoms with Crippen molar-refractivity contribution in [2.75, 3.05) is 6.54 Å². The number of hydrogen-bond donors (Lipinski definition) is 3. The molecule has 1 aromatic rings. The summed E-state index contributed by atoms with van der Waals surface area (Å²) in [6, 6.07) is 4.46. The van der Waals surface area contributed by atoms with Gasteiger partial charge in [-0.1, -0.05) is 38.5 Å².